The summed E-state index contributed by atoms with van der Waals surface area (Å²) in [5, 5.41) is 3.72. The van der Waals surface area contributed by atoms with Crippen LogP contribution in [0.4, 0.5) is 0 Å². The maximum absolute atomic E-state index is 12.6. The molecular weight excluding hydrogens is 358 g/mol. The Balaban J connectivity index is 1.92. The van der Waals surface area contributed by atoms with E-state index >= 15 is 0 Å². The van der Waals surface area contributed by atoms with Gasteiger partial charge in [-0.2, -0.15) is 0 Å². The molecule has 1 atom stereocenters. The molecule has 0 aliphatic rings. The van der Waals surface area contributed by atoms with Crippen LogP contribution in [0.5, 0.6) is 0 Å². The minimum absolute atomic E-state index is 0.0370. The molecule has 0 unspecified atom stereocenters. The van der Waals surface area contributed by atoms with Gasteiger partial charge in [-0.25, -0.2) is 0 Å². The summed E-state index contributed by atoms with van der Waals surface area (Å²) in [5.41, 5.74) is 2.87. The van der Waals surface area contributed by atoms with Crippen LogP contribution in [0, 0.1) is 0 Å². The van der Waals surface area contributed by atoms with Crippen LogP contribution >= 0.6 is 0 Å². The van der Waals surface area contributed by atoms with Crippen molar-refractivity contribution in [2.45, 2.75) is 44.9 Å². The van der Waals surface area contributed by atoms with E-state index in [1.807, 2.05) is 75.4 Å². The summed E-state index contributed by atoms with van der Waals surface area (Å²) in [4.78, 5) is 12.6. The molecule has 0 spiro atoms. The van der Waals surface area contributed by atoms with Crippen molar-refractivity contribution < 1.29 is 9.53 Å². The Hall–Kier alpha value is -2.91. The van der Waals surface area contributed by atoms with Gasteiger partial charge in [0.2, 0.25) is 0 Å². The average molecular weight is 388 g/mol. The zero-order chi connectivity index (χ0) is 20.7. The van der Waals surface area contributed by atoms with Gasteiger partial charge in [-0.05, 0) is 37.5 Å². The van der Waals surface area contributed by atoms with E-state index in [0.29, 0.717) is 0 Å². The minimum atomic E-state index is -0.503. The first-order chi connectivity index (χ1) is 13.9. The fourth-order valence-electron chi connectivity index (χ4n) is 3.39. The van der Waals surface area contributed by atoms with Gasteiger partial charge in [0.15, 0.2) is 0 Å². The van der Waals surface area contributed by atoms with Crippen LogP contribution in [0.2, 0.25) is 0 Å². The van der Waals surface area contributed by atoms with Crippen molar-refractivity contribution in [3.8, 4) is 0 Å². The summed E-state index contributed by atoms with van der Waals surface area (Å²) in [6, 6.07) is 30.5. The van der Waals surface area contributed by atoms with Gasteiger partial charge in [0.1, 0.15) is 5.60 Å². The van der Waals surface area contributed by atoms with E-state index in [0.717, 1.165) is 16.7 Å². The predicted octanol–water partition coefficient (Wildman–Crippen LogP) is 5.84. The molecule has 0 bridgehead atoms. The van der Waals surface area contributed by atoms with Gasteiger partial charge >= 0.3 is 5.97 Å². The fourth-order valence-corrected chi connectivity index (χ4v) is 3.39. The van der Waals surface area contributed by atoms with Crippen LogP contribution in [-0.4, -0.2) is 11.6 Å². The van der Waals surface area contributed by atoms with Crippen molar-refractivity contribution in [3.63, 3.8) is 0 Å². The minimum Gasteiger partial charge on any atom is -0.460 e. The molecule has 3 aromatic carbocycles. The number of hydrogen-bond acceptors (Lipinski definition) is 3. The van der Waals surface area contributed by atoms with Gasteiger partial charge in [0.25, 0.3) is 0 Å². The van der Waals surface area contributed by atoms with Crippen LogP contribution in [0.3, 0.4) is 0 Å². The van der Waals surface area contributed by atoms with Gasteiger partial charge in [-0.1, -0.05) is 91.0 Å². The maximum Gasteiger partial charge on any atom is 0.308 e. The molecule has 0 saturated heterocycles. The van der Waals surface area contributed by atoms with Crippen molar-refractivity contribution in [2.24, 2.45) is 0 Å². The average Bonchev–Trinajstić information content (AvgIpc) is 2.71. The number of rotatable bonds is 7. The third-order valence-corrected chi connectivity index (χ3v) is 4.63. The Morgan fingerprint density at radius 2 is 1.17 bits per heavy atom. The van der Waals surface area contributed by atoms with Crippen LogP contribution in [0.1, 0.15) is 56.0 Å². The largest absolute Gasteiger partial charge is 0.460 e. The first-order valence-electron chi connectivity index (χ1n) is 10.0. The molecule has 3 rings (SSSR count). The van der Waals surface area contributed by atoms with Gasteiger partial charge in [0, 0.05) is 6.04 Å². The standard InChI is InChI=1S/C26H29NO2/c1-26(2,3)29-24(28)19-23(20-13-7-4-8-14-20)27-25(21-15-9-5-10-16-21)22-17-11-6-12-18-22/h4-18,23,25,27H,19H2,1-3H3/t23-/m0/s1. The molecular formula is C26H29NO2. The molecule has 150 valence electrons. The highest BCUT2D eigenvalue weighted by Crippen LogP contribution is 2.28. The van der Waals surface area contributed by atoms with Gasteiger partial charge in [-0.15, -0.1) is 0 Å². The molecule has 0 fully saturated rings. The third kappa shape index (κ3) is 6.30. The molecule has 0 radical (unpaired) electrons. The molecule has 29 heavy (non-hydrogen) atoms. The molecule has 3 heteroatoms. The van der Waals surface area contributed by atoms with Crippen LogP contribution in [0.25, 0.3) is 0 Å². The topological polar surface area (TPSA) is 38.3 Å². The highest BCUT2D eigenvalue weighted by atomic mass is 16.6. The zero-order valence-corrected chi connectivity index (χ0v) is 17.3. The summed E-state index contributed by atoms with van der Waals surface area (Å²) >= 11 is 0. The number of ether oxygens (including phenoxy) is 1. The number of carbonyl (C=O) groups excluding carboxylic acids is 1. The Morgan fingerprint density at radius 1 is 0.759 bits per heavy atom. The van der Waals surface area contributed by atoms with E-state index in [1.54, 1.807) is 0 Å². The fraction of sp³-hybridized carbons (Fsp3) is 0.269. The molecule has 0 aliphatic heterocycles. The summed E-state index contributed by atoms with van der Waals surface area (Å²) in [5.74, 6) is -0.210. The van der Waals surface area contributed by atoms with Crippen molar-refractivity contribution in [1.82, 2.24) is 5.32 Å². The Labute approximate surface area is 173 Å². The number of nitrogens with one attached hydrogen (secondary N) is 1. The molecule has 3 aromatic rings. The second-order valence-electron chi connectivity index (χ2n) is 8.17. The first kappa shape index (κ1) is 20.8. The van der Waals surface area contributed by atoms with Crippen molar-refractivity contribution >= 4 is 5.97 Å². The SMILES string of the molecule is CC(C)(C)OC(=O)C[C@H](NC(c1ccccc1)c1ccccc1)c1ccccc1. The van der Waals surface area contributed by atoms with Gasteiger partial charge in [-0.3, -0.25) is 10.1 Å². The number of esters is 1. The molecule has 0 amide bonds. The molecule has 0 aromatic heterocycles. The van der Waals surface area contributed by atoms with Crippen molar-refractivity contribution in [1.29, 1.82) is 0 Å². The number of hydrogen-bond donors (Lipinski definition) is 1. The molecule has 3 nitrogen and oxygen atoms in total. The highest BCUT2D eigenvalue weighted by molar-refractivity contribution is 5.71. The first-order valence-corrected chi connectivity index (χ1v) is 10.0. The molecule has 1 N–H and O–H groups in total. The lowest BCUT2D eigenvalue weighted by atomic mass is 9.95. The quantitative estimate of drug-likeness (QED) is 0.518. The normalized spacial score (nSPS) is 12.6. The van der Waals surface area contributed by atoms with Crippen molar-refractivity contribution in [3.05, 3.63) is 108 Å². The lowest BCUT2D eigenvalue weighted by molar-refractivity contribution is -0.155. The van der Waals surface area contributed by atoms with E-state index in [9.17, 15) is 4.79 Å². The monoisotopic (exact) mass is 387 g/mol. The maximum atomic E-state index is 12.6. The van der Waals surface area contributed by atoms with E-state index < -0.39 is 5.60 Å². The molecule has 0 heterocycles. The summed E-state index contributed by atoms with van der Waals surface area (Å²) in [7, 11) is 0. The van der Waals surface area contributed by atoms with Crippen LogP contribution < -0.4 is 5.32 Å². The van der Waals surface area contributed by atoms with E-state index in [4.69, 9.17) is 4.74 Å². The van der Waals surface area contributed by atoms with E-state index in [1.165, 1.54) is 0 Å². The summed E-state index contributed by atoms with van der Waals surface area (Å²) in [6.07, 6.45) is 0.261. The lowest BCUT2D eigenvalue weighted by Crippen LogP contribution is -2.32. The zero-order valence-electron chi connectivity index (χ0n) is 17.3. The molecule has 0 saturated carbocycles. The van der Waals surface area contributed by atoms with E-state index in [-0.39, 0.29) is 24.5 Å². The number of benzene rings is 3. The smallest absolute Gasteiger partial charge is 0.308 e. The molecule has 0 aliphatic carbocycles. The highest BCUT2D eigenvalue weighted by Gasteiger charge is 2.25. The van der Waals surface area contributed by atoms with Gasteiger partial charge in [0.05, 0.1) is 12.5 Å². The van der Waals surface area contributed by atoms with E-state index in [2.05, 4.69) is 41.7 Å². The van der Waals surface area contributed by atoms with Crippen LogP contribution in [-0.2, 0) is 9.53 Å². The third-order valence-electron chi connectivity index (χ3n) is 4.63. The van der Waals surface area contributed by atoms with Gasteiger partial charge < -0.3 is 4.74 Å². The summed E-state index contributed by atoms with van der Waals surface area (Å²) in [6.45, 7) is 5.69. The van der Waals surface area contributed by atoms with Crippen molar-refractivity contribution in [2.75, 3.05) is 0 Å². The Bertz CT molecular complexity index is 847. The second kappa shape index (κ2) is 9.53. The second-order valence-corrected chi connectivity index (χ2v) is 8.17. The Kier molecular flexibility index (Phi) is 6.84. The Morgan fingerprint density at radius 3 is 1.59 bits per heavy atom. The lowest BCUT2D eigenvalue weighted by Gasteiger charge is -2.28. The number of carbonyl (C=O) groups is 1. The summed E-state index contributed by atoms with van der Waals surface area (Å²) < 4.78 is 5.60. The van der Waals surface area contributed by atoms with Crippen LogP contribution in [0.15, 0.2) is 91.0 Å². The predicted molar refractivity (Wildman–Crippen MR) is 118 cm³/mol.